The lowest BCUT2D eigenvalue weighted by Gasteiger charge is -2.07. The van der Waals surface area contributed by atoms with Gasteiger partial charge in [0.2, 0.25) is 0 Å². The fourth-order valence-electron chi connectivity index (χ4n) is 1.91. The van der Waals surface area contributed by atoms with Crippen molar-refractivity contribution in [2.75, 3.05) is 13.2 Å². The van der Waals surface area contributed by atoms with Crippen LogP contribution in [0, 0.1) is 0 Å². The van der Waals surface area contributed by atoms with E-state index in [4.69, 9.17) is 4.74 Å². The van der Waals surface area contributed by atoms with Crippen LogP contribution in [0.5, 0.6) is 0 Å². The van der Waals surface area contributed by atoms with E-state index < -0.39 is 0 Å². The first kappa shape index (κ1) is 9.69. The van der Waals surface area contributed by atoms with Crippen LogP contribution in [-0.2, 0) is 11.3 Å². The van der Waals surface area contributed by atoms with Crippen LogP contribution in [0.25, 0.3) is 0 Å². The van der Waals surface area contributed by atoms with E-state index in [1.807, 2.05) is 6.07 Å². The Bertz CT molecular complexity index is 254. The second-order valence-corrected chi connectivity index (χ2v) is 3.93. The molecule has 1 fully saturated rings. The molecule has 76 valence electrons. The van der Waals surface area contributed by atoms with Gasteiger partial charge in [0.25, 0.3) is 0 Å². The van der Waals surface area contributed by atoms with Crippen molar-refractivity contribution < 1.29 is 10.1 Å². The molecular formula is C12H18NO+. The summed E-state index contributed by atoms with van der Waals surface area (Å²) in [6.07, 6.45) is 2.66. The number of hydrogen-bond acceptors (Lipinski definition) is 1. The van der Waals surface area contributed by atoms with Gasteiger partial charge in [0, 0.05) is 12.8 Å². The highest BCUT2D eigenvalue weighted by Crippen LogP contribution is 2.03. The van der Waals surface area contributed by atoms with E-state index in [1.54, 1.807) is 0 Å². The van der Waals surface area contributed by atoms with Crippen molar-refractivity contribution in [3.05, 3.63) is 35.9 Å². The highest BCUT2D eigenvalue weighted by atomic mass is 16.5. The number of rotatable bonds is 4. The van der Waals surface area contributed by atoms with Crippen LogP contribution >= 0.6 is 0 Å². The first-order valence-corrected chi connectivity index (χ1v) is 5.40. The number of benzene rings is 1. The molecule has 0 saturated carbocycles. The molecule has 1 aliphatic heterocycles. The lowest BCUT2D eigenvalue weighted by atomic mass is 10.2. The first-order chi connectivity index (χ1) is 6.95. The fourth-order valence-corrected chi connectivity index (χ4v) is 1.91. The monoisotopic (exact) mass is 192 g/mol. The second kappa shape index (κ2) is 5.13. The van der Waals surface area contributed by atoms with Crippen LogP contribution in [0.4, 0.5) is 0 Å². The molecule has 0 spiro atoms. The molecule has 1 heterocycles. The van der Waals surface area contributed by atoms with Gasteiger partial charge in [-0.3, -0.25) is 0 Å². The number of nitrogens with two attached hydrogens (primary N) is 1. The summed E-state index contributed by atoms with van der Waals surface area (Å²) >= 11 is 0. The topological polar surface area (TPSA) is 25.8 Å². The lowest BCUT2D eigenvalue weighted by molar-refractivity contribution is -0.671. The molecule has 2 rings (SSSR count). The Kier molecular flexibility index (Phi) is 3.55. The van der Waals surface area contributed by atoms with E-state index in [1.165, 1.54) is 24.9 Å². The summed E-state index contributed by atoms with van der Waals surface area (Å²) in [5, 5.41) is 2.39. The molecule has 2 N–H and O–H groups in total. The van der Waals surface area contributed by atoms with Crippen LogP contribution in [0.15, 0.2) is 30.3 Å². The Morgan fingerprint density at radius 1 is 1.29 bits per heavy atom. The van der Waals surface area contributed by atoms with Gasteiger partial charge in [-0.1, -0.05) is 30.3 Å². The average molecular weight is 192 g/mol. The molecule has 0 unspecified atom stereocenters. The standard InChI is InChI=1S/C12H17NO/c1-2-5-11(6-3-1)9-14-10-12-7-4-8-13-12/h1-3,5-6,12-13H,4,7-10H2/p+1/t12-/m0/s1. The van der Waals surface area contributed by atoms with E-state index in [0.29, 0.717) is 6.04 Å². The molecule has 0 aromatic heterocycles. The molecule has 14 heavy (non-hydrogen) atoms. The maximum atomic E-state index is 5.67. The molecular weight excluding hydrogens is 174 g/mol. The lowest BCUT2D eigenvalue weighted by Crippen LogP contribution is -2.87. The van der Waals surface area contributed by atoms with E-state index in [-0.39, 0.29) is 0 Å². The minimum absolute atomic E-state index is 0.707. The molecule has 1 atom stereocenters. The van der Waals surface area contributed by atoms with E-state index in [0.717, 1.165) is 13.2 Å². The minimum Gasteiger partial charge on any atom is -0.371 e. The summed E-state index contributed by atoms with van der Waals surface area (Å²) in [5.41, 5.74) is 1.27. The summed E-state index contributed by atoms with van der Waals surface area (Å²) in [5.74, 6) is 0. The predicted molar refractivity (Wildman–Crippen MR) is 55.9 cm³/mol. The van der Waals surface area contributed by atoms with Crippen molar-refractivity contribution in [1.29, 1.82) is 0 Å². The fraction of sp³-hybridized carbons (Fsp3) is 0.500. The van der Waals surface area contributed by atoms with Crippen molar-refractivity contribution in [3.8, 4) is 0 Å². The maximum Gasteiger partial charge on any atom is 0.110 e. The van der Waals surface area contributed by atoms with Gasteiger partial charge in [-0.15, -0.1) is 0 Å². The molecule has 1 aromatic carbocycles. The van der Waals surface area contributed by atoms with Gasteiger partial charge in [-0.05, 0) is 5.56 Å². The van der Waals surface area contributed by atoms with Crippen LogP contribution in [0.1, 0.15) is 18.4 Å². The molecule has 1 saturated heterocycles. The van der Waals surface area contributed by atoms with Gasteiger partial charge in [-0.25, -0.2) is 0 Å². The SMILES string of the molecule is c1ccc(COC[C@@H]2CCC[NH2+]2)cc1. The Morgan fingerprint density at radius 2 is 2.14 bits per heavy atom. The van der Waals surface area contributed by atoms with Crippen LogP contribution in [0.2, 0.25) is 0 Å². The third kappa shape index (κ3) is 2.82. The van der Waals surface area contributed by atoms with Crippen LogP contribution < -0.4 is 5.32 Å². The van der Waals surface area contributed by atoms with Crippen molar-refractivity contribution in [2.24, 2.45) is 0 Å². The number of hydrogen-bond donors (Lipinski definition) is 1. The van der Waals surface area contributed by atoms with Gasteiger partial charge >= 0.3 is 0 Å². The Morgan fingerprint density at radius 3 is 2.86 bits per heavy atom. The predicted octanol–water partition coefficient (Wildman–Crippen LogP) is 0.929. The molecule has 2 heteroatoms. The molecule has 0 amide bonds. The van der Waals surface area contributed by atoms with Crippen LogP contribution in [-0.4, -0.2) is 19.2 Å². The summed E-state index contributed by atoms with van der Waals surface area (Å²) in [4.78, 5) is 0. The average Bonchev–Trinajstić information content (AvgIpc) is 2.72. The molecule has 0 aliphatic carbocycles. The van der Waals surface area contributed by atoms with E-state index in [2.05, 4.69) is 29.6 Å². The molecule has 0 bridgehead atoms. The smallest absolute Gasteiger partial charge is 0.110 e. The molecule has 1 aliphatic rings. The molecule has 0 radical (unpaired) electrons. The van der Waals surface area contributed by atoms with Crippen LogP contribution in [0.3, 0.4) is 0 Å². The second-order valence-electron chi connectivity index (χ2n) is 3.93. The van der Waals surface area contributed by atoms with Crippen molar-refractivity contribution in [2.45, 2.75) is 25.5 Å². The maximum absolute atomic E-state index is 5.67. The van der Waals surface area contributed by atoms with E-state index >= 15 is 0 Å². The highest BCUT2D eigenvalue weighted by molar-refractivity contribution is 5.13. The summed E-state index contributed by atoms with van der Waals surface area (Å²) in [7, 11) is 0. The Labute approximate surface area is 85.3 Å². The number of ether oxygens (including phenoxy) is 1. The zero-order chi connectivity index (χ0) is 9.64. The Balaban J connectivity index is 1.67. The zero-order valence-corrected chi connectivity index (χ0v) is 8.49. The molecule has 1 aromatic rings. The van der Waals surface area contributed by atoms with E-state index in [9.17, 15) is 0 Å². The summed E-state index contributed by atoms with van der Waals surface area (Å²) < 4.78 is 5.67. The zero-order valence-electron chi connectivity index (χ0n) is 8.49. The molecule has 2 nitrogen and oxygen atoms in total. The largest absolute Gasteiger partial charge is 0.371 e. The summed E-state index contributed by atoms with van der Waals surface area (Å²) in [6.45, 7) is 2.93. The van der Waals surface area contributed by atoms with Gasteiger partial charge in [0.1, 0.15) is 6.04 Å². The van der Waals surface area contributed by atoms with Gasteiger partial charge in [0.05, 0.1) is 19.8 Å². The van der Waals surface area contributed by atoms with Crippen molar-refractivity contribution in [3.63, 3.8) is 0 Å². The highest BCUT2D eigenvalue weighted by Gasteiger charge is 2.17. The van der Waals surface area contributed by atoms with Gasteiger partial charge < -0.3 is 10.1 Å². The first-order valence-electron chi connectivity index (χ1n) is 5.40. The number of quaternary nitrogens is 1. The Hall–Kier alpha value is -0.860. The van der Waals surface area contributed by atoms with Gasteiger partial charge in [0.15, 0.2) is 0 Å². The minimum atomic E-state index is 0.707. The van der Waals surface area contributed by atoms with Crippen molar-refractivity contribution in [1.82, 2.24) is 0 Å². The van der Waals surface area contributed by atoms with Gasteiger partial charge in [-0.2, -0.15) is 0 Å². The normalized spacial score (nSPS) is 21.3. The summed E-state index contributed by atoms with van der Waals surface area (Å²) in [6, 6.07) is 11.1. The quantitative estimate of drug-likeness (QED) is 0.754. The third-order valence-corrected chi connectivity index (χ3v) is 2.72. The van der Waals surface area contributed by atoms with Crippen molar-refractivity contribution >= 4 is 0 Å². The third-order valence-electron chi connectivity index (χ3n) is 2.72.